The zero-order valence-corrected chi connectivity index (χ0v) is 13.2. The van der Waals surface area contributed by atoms with Gasteiger partial charge in [-0.3, -0.25) is 9.59 Å². The standard InChI is InChI=1S/C19H18N2O2/c1-21(2)15-9-7-13(8-10-15)11-14-12-18(22)20-17-6-4-3-5-16(17)19(14)23/h3-11H,12H2,1-2H3,(H,20,22)/b14-11+. The second-order valence-corrected chi connectivity index (χ2v) is 5.76. The van der Waals surface area contributed by atoms with Crippen LogP contribution in [0.25, 0.3) is 6.08 Å². The van der Waals surface area contributed by atoms with Gasteiger partial charge in [-0.25, -0.2) is 0 Å². The third kappa shape index (κ3) is 3.16. The topological polar surface area (TPSA) is 49.4 Å². The Balaban J connectivity index is 1.98. The number of nitrogens with zero attached hydrogens (tertiary/aromatic N) is 1. The van der Waals surface area contributed by atoms with Gasteiger partial charge in [-0.2, -0.15) is 0 Å². The third-order valence-electron chi connectivity index (χ3n) is 3.84. The molecule has 0 bridgehead atoms. The van der Waals surface area contributed by atoms with Gasteiger partial charge in [-0.15, -0.1) is 0 Å². The van der Waals surface area contributed by atoms with Crippen LogP contribution in [-0.4, -0.2) is 25.8 Å². The maximum Gasteiger partial charge on any atom is 0.228 e. The van der Waals surface area contributed by atoms with Crippen LogP contribution in [0, 0.1) is 0 Å². The minimum atomic E-state index is -0.167. The monoisotopic (exact) mass is 306 g/mol. The number of hydrogen-bond acceptors (Lipinski definition) is 3. The summed E-state index contributed by atoms with van der Waals surface area (Å²) in [5.74, 6) is -0.268. The maximum atomic E-state index is 12.7. The molecule has 0 radical (unpaired) electrons. The summed E-state index contributed by atoms with van der Waals surface area (Å²) in [5.41, 5.74) is 3.61. The summed E-state index contributed by atoms with van der Waals surface area (Å²) in [6.07, 6.45) is 1.88. The van der Waals surface area contributed by atoms with Crippen LogP contribution < -0.4 is 10.2 Å². The van der Waals surface area contributed by atoms with E-state index < -0.39 is 0 Å². The minimum Gasteiger partial charge on any atom is -0.378 e. The van der Waals surface area contributed by atoms with Crippen molar-refractivity contribution in [2.75, 3.05) is 24.3 Å². The van der Waals surface area contributed by atoms with E-state index in [1.807, 2.05) is 43.3 Å². The highest BCUT2D eigenvalue weighted by Crippen LogP contribution is 2.26. The van der Waals surface area contributed by atoms with E-state index in [4.69, 9.17) is 0 Å². The Kier molecular flexibility index (Phi) is 3.98. The molecule has 2 aromatic carbocycles. The normalized spacial score (nSPS) is 15.8. The number of ketones is 1. The van der Waals surface area contributed by atoms with Gasteiger partial charge in [-0.05, 0) is 35.9 Å². The van der Waals surface area contributed by atoms with Crippen LogP contribution in [0.5, 0.6) is 0 Å². The lowest BCUT2D eigenvalue weighted by atomic mass is 9.99. The second-order valence-electron chi connectivity index (χ2n) is 5.76. The molecule has 1 heterocycles. The van der Waals surface area contributed by atoms with Gasteiger partial charge in [0.25, 0.3) is 0 Å². The van der Waals surface area contributed by atoms with Crippen molar-refractivity contribution in [2.45, 2.75) is 6.42 Å². The predicted octanol–water partition coefficient (Wildman–Crippen LogP) is 3.36. The fourth-order valence-electron chi connectivity index (χ4n) is 2.60. The molecule has 0 spiro atoms. The molecule has 0 saturated carbocycles. The van der Waals surface area contributed by atoms with Crippen molar-refractivity contribution >= 4 is 29.1 Å². The van der Waals surface area contributed by atoms with Crippen molar-refractivity contribution in [1.82, 2.24) is 0 Å². The number of amides is 1. The predicted molar refractivity (Wildman–Crippen MR) is 92.8 cm³/mol. The molecule has 23 heavy (non-hydrogen) atoms. The highest BCUT2D eigenvalue weighted by Gasteiger charge is 2.23. The van der Waals surface area contributed by atoms with Gasteiger partial charge in [0.05, 0.1) is 12.1 Å². The van der Waals surface area contributed by atoms with Gasteiger partial charge in [0.15, 0.2) is 5.78 Å². The van der Waals surface area contributed by atoms with Gasteiger partial charge >= 0.3 is 0 Å². The molecule has 0 atom stereocenters. The first-order valence-corrected chi connectivity index (χ1v) is 7.46. The van der Waals surface area contributed by atoms with E-state index in [-0.39, 0.29) is 18.1 Å². The highest BCUT2D eigenvalue weighted by molar-refractivity contribution is 6.20. The molecule has 3 rings (SSSR count). The lowest BCUT2D eigenvalue weighted by molar-refractivity contribution is -0.115. The molecule has 1 amide bonds. The molecule has 0 aromatic heterocycles. The van der Waals surface area contributed by atoms with Gasteiger partial charge in [0.2, 0.25) is 5.91 Å². The van der Waals surface area contributed by atoms with Crippen molar-refractivity contribution < 1.29 is 9.59 Å². The van der Waals surface area contributed by atoms with Gasteiger partial charge in [0, 0.05) is 30.9 Å². The third-order valence-corrected chi connectivity index (χ3v) is 3.84. The summed E-state index contributed by atoms with van der Waals surface area (Å²) in [6, 6.07) is 15.0. The Morgan fingerprint density at radius 3 is 2.39 bits per heavy atom. The van der Waals surface area contributed by atoms with E-state index >= 15 is 0 Å². The van der Waals surface area contributed by atoms with E-state index in [9.17, 15) is 9.59 Å². The summed E-state index contributed by atoms with van der Waals surface area (Å²) < 4.78 is 0. The van der Waals surface area contributed by atoms with Crippen LogP contribution in [-0.2, 0) is 4.79 Å². The summed E-state index contributed by atoms with van der Waals surface area (Å²) in [7, 11) is 3.95. The first-order valence-electron chi connectivity index (χ1n) is 7.46. The Morgan fingerprint density at radius 2 is 1.70 bits per heavy atom. The van der Waals surface area contributed by atoms with Crippen molar-refractivity contribution in [3.05, 3.63) is 65.2 Å². The maximum absolute atomic E-state index is 12.7. The Labute approximate surface area is 135 Å². The Hall–Kier alpha value is -2.88. The molecule has 4 heteroatoms. The van der Waals surface area contributed by atoms with Crippen molar-refractivity contribution in [3.8, 4) is 0 Å². The van der Waals surface area contributed by atoms with Crippen LogP contribution in [0.4, 0.5) is 11.4 Å². The molecular weight excluding hydrogens is 288 g/mol. The molecule has 0 aliphatic carbocycles. The van der Waals surface area contributed by atoms with Gasteiger partial charge < -0.3 is 10.2 Å². The highest BCUT2D eigenvalue weighted by atomic mass is 16.2. The number of benzene rings is 2. The average Bonchev–Trinajstić information content (AvgIpc) is 2.65. The lowest BCUT2D eigenvalue weighted by Gasteiger charge is -2.12. The second kappa shape index (κ2) is 6.08. The summed E-state index contributed by atoms with van der Waals surface area (Å²) >= 11 is 0. The van der Waals surface area contributed by atoms with Crippen LogP contribution >= 0.6 is 0 Å². The molecule has 4 nitrogen and oxygen atoms in total. The van der Waals surface area contributed by atoms with E-state index in [0.717, 1.165) is 11.3 Å². The number of Topliss-reactive ketones (excluding diaryl/α,β-unsaturated/α-hetero) is 1. The number of anilines is 2. The lowest BCUT2D eigenvalue weighted by Crippen LogP contribution is -2.10. The van der Waals surface area contributed by atoms with E-state index in [0.29, 0.717) is 16.8 Å². The number of para-hydroxylation sites is 1. The number of carbonyl (C=O) groups is 2. The zero-order chi connectivity index (χ0) is 16.4. The summed E-state index contributed by atoms with van der Waals surface area (Å²) in [4.78, 5) is 26.7. The Morgan fingerprint density at radius 1 is 1.00 bits per heavy atom. The molecule has 1 aliphatic heterocycles. The smallest absolute Gasteiger partial charge is 0.228 e. The van der Waals surface area contributed by atoms with E-state index in [1.54, 1.807) is 30.3 Å². The average molecular weight is 306 g/mol. The molecular formula is C19H18N2O2. The van der Waals surface area contributed by atoms with Gasteiger partial charge in [-0.1, -0.05) is 24.3 Å². The molecule has 116 valence electrons. The Bertz CT molecular complexity index is 789. The molecule has 0 fully saturated rings. The van der Waals surface area contributed by atoms with Gasteiger partial charge in [0.1, 0.15) is 0 Å². The number of hydrogen-bond donors (Lipinski definition) is 1. The van der Waals surface area contributed by atoms with Crippen LogP contribution in [0.1, 0.15) is 22.3 Å². The summed E-state index contributed by atoms with van der Waals surface area (Å²) in [5, 5.41) is 2.79. The van der Waals surface area contributed by atoms with Crippen molar-refractivity contribution in [1.29, 1.82) is 0 Å². The number of carbonyl (C=O) groups excluding carboxylic acids is 2. The zero-order valence-electron chi connectivity index (χ0n) is 13.2. The first-order chi connectivity index (χ1) is 11.0. The largest absolute Gasteiger partial charge is 0.378 e. The number of nitrogens with one attached hydrogen (secondary N) is 1. The van der Waals surface area contributed by atoms with Crippen LogP contribution in [0.2, 0.25) is 0 Å². The molecule has 1 aliphatic rings. The van der Waals surface area contributed by atoms with Crippen LogP contribution in [0.3, 0.4) is 0 Å². The number of fused-ring (bicyclic) bond motifs is 1. The fourth-order valence-corrected chi connectivity index (χ4v) is 2.60. The SMILES string of the molecule is CN(C)c1ccc(/C=C2\CC(=O)Nc3ccccc3C2=O)cc1. The quantitative estimate of drug-likeness (QED) is 0.866. The molecule has 1 N–H and O–H groups in total. The first kappa shape index (κ1) is 15.0. The van der Waals surface area contributed by atoms with Crippen molar-refractivity contribution in [2.24, 2.45) is 0 Å². The van der Waals surface area contributed by atoms with E-state index in [1.165, 1.54) is 0 Å². The summed E-state index contributed by atoms with van der Waals surface area (Å²) in [6.45, 7) is 0. The number of rotatable bonds is 2. The molecule has 2 aromatic rings. The van der Waals surface area contributed by atoms with E-state index in [2.05, 4.69) is 5.32 Å². The van der Waals surface area contributed by atoms with Crippen molar-refractivity contribution in [3.63, 3.8) is 0 Å². The minimum absolute atomic E-state index is 0.0863. The fraction of sp³-hybridized carbons (Fsp3) is 0.158. The molecule has 0 saturated heterocycles. The van der Waals surface area contributed by atoms with Crippen LogP contribution in [0.15, 0.2) is 54.1 Å². The molecule has 0 unspecified atom stereocenters.